The highest BCUT2D eigenvalue weighted by atomic mass is 19.2. The largest absolute Gasteiger partial charge is 0.287 e. The minimum absolute atomic E-state index is 0.0337. The fourth-order valence-electron chi connectivity index (χ4n) is 7.06. The molecule has 0 fully saturated rings. The van der Waals surface area contributed by atoms with E-state index < -0.39 is 144 Å². The Bertz CT molecular complexity index is 2730. The summed E-state index contributed by atoms with van der Waals surface area (Å²) in [5, 5.41) is 1.74. The summed E-state index contributed by atoms with van der Waals surface area (Å²) in [6.45, 7) is 0.246. The van der Waals surface area contributed by atoms with Crippen molar-refractivity contribution in [1.82, 2.24) is 0 Å². The van der Waals surface area contributed by atoms with Crippen LogP contribution in [0.3, 0.4) is 0 Å². The molecule has 65 heavy (non-hydrogen) atoms. The summed E-state index contributed by atoms with van der Waals surface area (Å²) in [7, 11) is 0. The third kappa shape index (κ3) is 7.56. The van der Waals surface area contributed by atoms with Crippen LogP contribution in [0.5, 0.6) is 0 Å². The van der Waals surface area contributed by atoms with Crippen LogP contribution in [0.4, 0.5) is 92.2 Å². The smallest absolute Gasteiger partial charge is 0.227 e. The highest BCUT2D eigenvalue weighted by Crippen LogP contribution is 2.31. The van der Waals surface area contributed by atoms with Crippen molar-refractivity contribution in [3.05, 3.63) is 195 Å². The minimum atomic E-state index is -7.22. The second-order valence-electron chi connectivity index (χ2n) is 13.5. The van der Waals surface area contributed by atoms with Gasteiger partial charge in [-0.3, -0.25) is 4.79 Å². The summed E-state index contributed by atoms with van der Waals surface area (Å²) in [6, 6.07) is 15.7. The molecule has 0 unspecified atom stereocenters. The molecule has 0 atom stereocenters. The number of benzene rings is 6. The fourth-order valence-corrected chi connectivity index (χ4v) is 7.06. The zero-order valence-electron chi connectivity index (χ0n) is 30.9. The lowest BCUT2D eigenvalue weighted by Crippen LogP contribution is -2.81. The summed E-state index contributed by atoms with van der Waals surface area (Å²) in [4.78, 5) is 12.1. The van der Waals surface area contributed by atoms with Gasteiger partial charge in [-0.15, -0.1) is 21.9 Å². The van der Waals surface area contributed by atoms with E-state index in [1.165, 1.54) is 12.1 Å². The fraction of sp³-hybridized carbons (Fsp3) is 0.0244. The zero-order valence-corrected chi connectivity index (χ0v) is 30.9. The van der Waals surface area contributed by atoms with Gasteiger partial charge in [0, 0.05) is 17.0 Å². The second kappa shape index (κ2) is 17.5. The maximum Gasteiger partial charge on any atom is 0.227 e. The molecule has 0 N–H and O–H groups in total. The molecular weight excluding hydrogens is 932 g/mol. The average Bonchev–Trinajstić information content (AvgIpc) is 3.29. The summed E-state index contributed by atoms with van der Waals surface area (Å²) >= 11 is 0. The molecule has 0 amide bonds. The second-order valence-corrected chi connectivity index (χ2v) is 13.5. The Morgan fingerprint density at radius 2 is 0.677 bits per heavy atom. The first-order valence-corrected chi connectivity index (χ1v) is 17.3. The van der Waals surface area contributed by atoms with Crippen molar-refractivity contribution in [3.8, 4) is 0 Å². The topological polar surface area (TPSA) is 20.9 Å². The van der Waals surface area contributed by atoms with Crippen molar-refractivity contribution < 1.29 is 102 Å². The van der Waals surface area contributed by atoms with E-state index in [0.29, 0.717) is 5.56 Å². The Labute approximate surface area is 347 Å². The monoisotopic (exact) mass is 945 g/mol. The predicted molar refractivity (Wildman–Crippen MR) is 184 cm³/mol. The van der Waals surface area contributed by atoms with Crippen LogP contribution >= 0.6 is 0 Å². The van der Waals surface area contributed by atoms with Crippen molar-refractivity contribution in [2.75, 3.05) is 0 Å². The quantitative estimate of drug-likeness (QED) is 0.0391. The third-order valence-corrected chi connectivity index (χ3v) is 9.93. The lowest BCUT2D eigenvalue weighted by molar-refractivity contribution is -0.681. The molecule has 7 rings (SSSR count). The molecule has 0 bridgehead atoms. The summed E-state index contributed by atoms with van der Waals surface area (Å²) in [5.41, 5.74) is -13.6. The van der Waals surface area contributed by atoms with Crippen molar-refractivity contribution in [2.45, 2.75) is 6.54 Å². The third-order valence-electron chi connectivity index (χ3n) is 9.93. The predicted octanol–water partition coefficient (Wildman–Crippen LogP) is 9.00. The van der Waals surface area contributed by atoms with Gasteiger partial charge in [0.15, 0.2) is 82.2 Å². The van der Waals surface area contributed by atoms with Crippen molar-refractivity contribution in [1.29, 1.82) is 0 Å². The van der Waals surface area contributed by atoms with Gasteiger partial charge in [-0.1, -0.05) is 36.4 Å². The number of carbonyl (C=O) groups is 1. The number of pyridine rings is 1. The molecule has 0 spiro atoms. The van der Waals surface area contributed by atoms with Crippen LogP contribution in [-0.4, -0.2) is 11.9 Å². The van der Waals surface area contributed by atoms with Crippen molar-refractivity contribution >= 4 is 44.6 Å². The molecule has 2 nitrogen and oxygen atoms in total. The van der Waals surface area contributed by atoms with Crippen LogP contribution in [0.2, 0.25) is 0 Å². The molecular formula is C41H13BF21NO. The molecule has 0 saturated carbocycles. The molecule has 0 radical (unpaired) electrons. The van der Waals surface area contributed by atoms with Gasteiger partial charge in [-0.25, -0.2) is 92.2 Å². The van der Waals surface area contributed by atoms with Crippen LogP contribution in [0, 0.1) is 122 Å². The van der Waals surface area contributed by atoms with Crippen molar-refractivity contribution in [2.24, 2.45) is 0 Å². The van der Waals surface area contributed by atoms with Crippen LogP contribution in [-0.2, 0) is 6.54 Å². The van der Waals surface area contributed by atoms with E-state index in [-0.39, 0.29) is 18.1 Å². The number of hydrogen-bond acceptors (Lipinski definition) is 1. The number of hydrogen-bond donors (Lipinski definition) is 0. The number of aromatic nitrogens is 1. The highest BCUT2D eigenvalue weighted by molar-refractivity contribution is 7.20. The normalized spacial score (nSPS) is 11.6. The number of nitrogens with zero attached hydrogens (tertiary/aromatic N) is 1. The number of fused-ring (bicyclic) bond motifs is 1. The molecule has 0 aliphatic rings. The Morgan fingerprint density at radius 1 is 0.369 bits per heavy atom. The summed E-state index contributed by atoms with van der Waals surface area (Å²) in [5.74, 6) is -71.6. The first-order chi connectivity index (χ1) is 30.4. The Hall–Kier alpha value is -7.01. The number of ketones is 1. The van der Waals surface area contributed by atoms with Gasteiger partial charge in [0.1, 0.15) is 58.5 Å². The number of carbonyl (C=O) groups excluding carboxylic acids is 1. The first kappa shape index (κ1) is 47.5. The van der Waals surface area contributed by atoms with Crippen LogP contribution < -0.4 is 26.4 Å². The lowest BCUT2D eigenvalue weighted by atomic mass is 9.12. The number of rotatable bonds is 7. The summed E-state index contributed by atoms with van der Waals surface area (Å²) in [6.07, 6.45) is -3.59. The molecule has 0 aliphatic heterocycles. The van der Waals surface area contributed by atoms with E-state index in [0.717, 1.165) is 10.8 Å². The van der Waals surface area contributed by atoms with Gasteiger partial charge in [0.05, 0.1) is 0 Å². The summed E-state index contributed by atoms with van der Waals surface area (Å²) < 4.78 is 309. The molecule has 24 heteroatoms. The molecule has 0 aliphatic carbocycles. The number of halogens is 21. The number of Topliss-reactive ketones (excluding diaryl/α,β-unsaturated/α-hetero) is 1. The maximum absolute atomic E-state index is 15.4. The van der Waals surface area contributed by atoms with Crippen LogP contribution in [0.25, 0.3) is 10.8 Å². The van der Waals surface area contributed by atoms with E-state index in [2.05, 4.69) is 0 Å². The average molecular weight is 945 g/mol. The van der Waals surface area contributed by atoms with E-state index in [4.69, 9.17) is 0 Å². The van der Waals surface area contributed by atoms with Gasteiger partial charge in [0.2, 0.25) is 12.3 Å². The van der Waals surface area contributed by atoms with Gasteiger partial charge in [-0.05, 0) is 17.5 Å². The Kier molecular flexibility index (Phi) is 12.8. The molecule has 7 aromatic rings. The van der Waals surface area contributed by atoms with E-state index in [9.17, 15) is 61.9 Å². The van der Waals surface area contributed by atoms with Crippen LogP contribution in [0.1, 0.15) is 10.4 Å². The minimum Gasteiger partial charge on any atom is -0.287 e. The van der Waals surface area contributed by atoms with E-state index in [1.54, 1.807) is 29.0 Å². The molecule has 1 heterocycles. The van der Waals surface area contributed by atoms with Gasteiger partial charge >= 0.3 is 0 Å². The van der Waals surface area contributed by atoms with E-state index in [1.807, 2.05) is 30.5 Å². The Morgan fingerprint density at radius 3 is 1.00 bits per heavy atom. The Balaban J connectivity index is 0.000000289. The van der Waals surface area contributed by atoms with E-state index >= 15 is 35.1 Å². The van der Waals surface area contributed by atoms with Crippen LogP contribution in [0.15, 0.2) is 67.0 Å². The van der Waals surface area contributed by atoms with Crippen molar-refractivity contribution in [3.63, 3.8) is 0 Å². The maximum atomic E-state index is 15.4. The van der Waals surface area contributed by atoms with Gasteiger partial charge in [0.25, 0.3) is 0 Å². The standard InChI is InChI=1S/C24BF20.C17H13FNO/c26-5-1(6(27)14(35)21(42)13(5)34)25(2-7(28)15(36)22(43)16(37)8(2)29,3-9(30)17(38)23(44)18(39)10(3)31)4-11(32)19(40)24(45)20(41)12(4)33;18-16-7-6-13-8-9-19(11-15(13)10-16)12-17(20)14-4-2-1-3-5-14/h;1-11H,12H2/q-1;+1. The molecule has 0 saturated heterocycles. The highest BCUT2D eigenvalue weighted by Gasteiger charge is 2.52. The lowest BCUT2D eigenvalue weighted by Gasteiger charge is -2.44. The van der Waals surface area contributed by atoms with Gasteiger partial charge < -0.3 is 0 Å². The molecule has 6 aromatic carbocycles. The first-order valence-electron chi connectivity index (χ1n) is 17.3. The SMILES string of the molecule is Fc1c(F)c(F)c([B-](c2c(F)c(F)c(F)c(F)c2F)(c2c(F)c(F)c(F)c(F)c2F)c2c(F)c(F)c(F)c(F)c2F)c(F)c1F.O=C(C[n+]1ccc2ccc(F)cc2c1)c1ccccc1. The molecule has 338 valence electrons. The molecule has 1 aromatic heterocycles. The van der Waals surface area contributed by atoms with Gasteiger partial charge in [-0.2, -0.15) is 4.57 Å². The zero-order chi connectivity index (χ0) is 48.3.